The van der Waals surface area contributed by atoms with E-state index in [-0.39, 0.29) is 57.8 Å². The molecule has 7 nitrogen and oxygen atoms in total. The predicted octanol–water partition coefficient (Wildman–Crippen LogP) is 6.02. The topological polar surface area (TPSA) is 129 Å². The number of carboxylic acid groups (broad SMARTS) is 2. The first-order valence-electron chi connectivity index (χ1n) is 13.3. The molecule has 0 aromatic carbocycles. The molecule has 3 N–H and O–H groups in total. The molecule has 0 aliphatic carbocycles. The van der Waals surface area contributed by atoms with Crippen molar-refractivity contribution in [3.63, 3.8) is 0 Å². The predicted molar refractivity (Wildman–Crippen MR) is 144 cm³/mol. The maximum atomic E-state index is 12.7. The summed E-state index contributed by atoms with van der Waals surface area (Å²) < 4.78 is 32.9. The van der Waals surface area contributed by atoms with Crippen LogP contribution in [0.15, 0.2) is 0 Å². The molecule has 0 heterocycles. The molecule has 0 radical (unpaired) electrons. The third-order valence-corrected chi connectivity index (χ3v) is 9.60. The van der Waals surface area contributed by atoms with Gasteiger partial charge < -0.3 is 10.2 Å². The summed E-state index contributed by atoms with van der Waals surface area (Å²) in [5.41, 5.74) is 0. The Morgan fingerprint density at radius 1 is 0.771 bits per heavy atom. The van der Waals surface area contributed by atoms with Gasteiger partial charge in [-0.3, -0.25) is 14.1 Å². The minimum atomic E-state index is -5.22. The summed E-state index contributed by atoms with van der Waals surface area (Å²) in [6, 6.07) is 0. The molecule has 9 heteroatoms. The Kier molecular flexibility index (Phi) is 20.1. The first-order chi connectivity index (χ1) is 15.8. The van der Waals surface area contributed by atoms with Crippen LogP contribution in [-0.4, -0.2) is 91.3 Å². The van der Waals surface area contributed by atoms with Gasteiger partial charge in [0.25, 0.3) is 10.1 Å². The summed E-state index contributed by atoms with van der Waals surface area (Å²) in [5.74, 6) is -6.10. The molecular formula is C26H51KO7S. The van der Waals surface area contributed by atoms with Gasteiger partial charge in [0.05, 0.1) is 5.92 Å². The van der Waals surface area contributed by atoms with Gasteiger partial charge in [-0.2, -0.15) is 8.42 Å². The SMILES string of the molecule is CCCCC(CC)CCC(C)C(C(=O)O)C(C(=O)O)(C(C)CCC(CC)CCCC)S(=O)(=O)O.[KH]. The van der Waals surface area contributed by atoms with E-state index in [1.165, 1.54) is 6.92 Å². The van der Waals surface area contributed by atoms with Crippen molar-refractivity contribution in [2.24, 2.45) is 29.6 Å². The summed E-state index contributed by atoms with van der Waals surface area (Å²) in [4.78, 5) is 25.0. The monoisotopic (exact) mass is 546 g/mol. The van der Waals surface area contributed by atoms with Crippen LogP contribution in [0, 0.1) is 29.6 Å². The number of hydrogen-bond acceptors (Lipinski definition) is 4. The summed E-state index contributed by atoms with van der Waals surface area (Å²) in [7, 11) is -5.22. The van der Waals surface area contributed by atoms with Crippen molar-refractivity contribution >= 4 is 73.4 Å². The van der Waals surface area contributed by atoms with E-state index >= 15 is 0 Å². The summed E-state index contributed by atoms with van der Waals surface area (Å²) in [6.45, 7) is 11.4. The third-order valence-electron chi connectivity index (χ3n) is 7.92. The fourth-order valence-electron chi connectivity index (χ4n) is 5.48. The Hall–Kier alpha value is 0.486. The molecule has 6 unspecified atom stereocenters. The average Bonchev–Trinajstić information content (AvgIpc) is 2.75. The Morgan fingerprint density at radius 3 is 1.51 bits per heavy atom. The summed E-state index contributed by atoms with van der Waals surface area (Å²) >= 11 is 0. The van der Waals surface area contributed by atoms with Gasteiger partial charge in [0.15, 0.2) is 0 Å². The first-order valence-corrected chi connectivity index (χ1v) is 14.7. The number of hydrogen-bond donors (Lipinski definition) is 3. The zero-order valence-electron chi connectivity index (χ0n) is 22.3. The molecule has 0 bridgehead atoms. The standard InChI is InChI=1S/C26H50O7S.K.H/c1-7-11-13-21(9-3)17-15-19(5)23(24(27)28)26(25(29)30,34(31,32)33)20(6)16-18-22(10-4)14-12-8-2;;/h19-23H,7-18H2,1-6H3,(H,27,28)(H,29,30)(H,31,32,33);;. The molecule has 0 aromatic heterocycles. The number of unbranched alkanes of at least 4 members (excludes halogenated alkanes) is 2. The van der Waals surface area contributed by atoms with E-state index in [1.54, 1.807) is 6.92 Å². The molecule has 0 saturated carbocycles. The molecule has 0 fully saturated rings. The number of carboxylic acids is 2. The zero-order valence-corrected chi connectivity index (χ0v) is 23.1. The normalized spacial score (nSPS) is 17.9. The van der Waals surface area contributed by atoms with Crippen molar-refractivity contribution in [3.8, 4) is 0 Å². The van der Waals surface area contributed by atoms with Crippen molar-refractivity contribution in [2.45, 2.75) is 123 Å². The third kappa shape index (κ3) is 11.0. The summed E-state index contributed by atoms with van der Waals surface area (Å²) in [6.07, 6.45) is 9.87. The van der Waals surface area contributed by atoms with Crippen LogP contribution in [0.1, 0.15) is 119 Å². The van der Waals surface area contributed by atoms with E-state index in [0.717, 1.165) is 51.4 Å². The number of rotatable bonds is 20. The molecule has 0 aromatic rings. The molecule has 204 valence electrons. The second kappa shape index (κ2) is 18.7. The van der Waals surface area contributed by atoms with Gasteiger partial charge in [0, 0.05) is 0 Å². The van der Waals surface area contributed by atoms with Gasteiger partial charge in [-0.15, -0.1) is 0 Å². The van der Waals surface area contributed by atoms with Crippen LogP contribution in [0.2, 0.25) is 0 Å². The quantitative estimate of drug-likeness (QED) is 0.126. The van der Waals surface area contributed by atoms with E-state index in [9.17, 15) is 32.8 Å². The molecular weight excluding hydrogens is 495 g/mol. The Balaban J connectivity index is 0. The molecule has 35 heavy (non-hydrogen) atoms. The van der Waals surface area contributed by atoms with Gasteiger partial charge >= 0.3 is 63.3 Å². The van der Waals surface area contributed by atoms with Crippen molar-refractivity contribution in [1.82, 2.24) is 0 Å². The van der Waals surface area contributed by atoms with E-state index in [1.807, 2.05) is 6.92 Å². The van der Waals surface area contributed by atoms with Crippen LogP contribution in [0.25, 0.3) is 0 Å². The molecule has 0 rings (SSSR count). The fraction of sp³-hybridized carbons (Fsp3) is 0.923. The van der Waals surface area contributed by atoms with Gasteiger partial charge in [-0.05, 0) is 36.5 Å². The summed E-state index contributed by atoms with van der Waals surface area (Å²) in [5, 5.41) is 20.3. The second-order valence-electron chi connectivity index (χ2n) is 10.3. The van der Waals surface area contributed by atoms with Crippen LogP contribution < -0.4 is 0 Å². The Labute approximate surface area is 256 Å². The molecule has 6 atom stereocenters. The van der Waals surface area contributed by atoms with E-state index in [4.69, 9.17) is 0 Å². The van der Waals surface area contributed by atoms with Crippen LogP contribution in [-0.2, 0) is 19.7 Å². The molecule has 0 spiro atoms. The molecule has 0 saturated heterocycles. The number of aliphatic carboxylic acids is 2. The number of carbonyl (C=O) groups is 2. The first kappa shape index (κ1) is 37.6. The molecule has 0 amide bonds. The van der Waals surface area contributed by atoms with E-state index in [2.05, 4.69) is 20.8 Å². The van der Waals surface area contributed by atoms with Crippen LogP contribution in [0.5, 0.6) is 0 Å². The fourth-order valence-corrected chi connectivity index (χ4v) is 6.98. The minimum absolute atomic E-state index is 0. The average molecular weight is 547 g/mol. The molecule has 0 aliphatic heterocycles. The second-order valence-corrected chi connectivity index (χ2v) is 11.9. The van der Waals surface area contributed by atoms with Gasteiger partial charge in [-0.25, -0.2) is 0 Å². The van der Waals surface area contributed by atoms with Gasteiger partial charge in [0.2, 0.25) is 4.75 Å². The Bertz CT molecular complexity index is 712. The Morgan fingerprint density at radius 2 is 1.20 bits per heavy atom. The maximum absolute atomic E-state index is 12.7. The van der Waals surface area contributed by atoms with Crippen LogP contribution in [0.3, 0.4) is 0 Å². The van der Waals surface area contributed by atoms with E-state index < -0.39 is 44.6 Å². The molecule has 0 aliphatic rings. The van der Waals surface area contributed by atoms with Crippen LogP contribution >= 0.6 is 0 Å². The van der Waals surface area contributed by atoms with Crippen molar-refractivity contribution in [3.05, 3.63) is 0 Å². The zero-order chi connectivity index (χ0) is 26.5. The van der Waals surface area contributed by atoms with Gasteiger partial charge in [0.1, 0.15) is 0 Å². The van der Waals surface area contributed by atoms with E-state index in [0.29, 0.717) is 31.1 Å². The van der Waals surface area contributed by atoms with Crippen LogP contribution in [0.4, 0.5) is 0 Å². The van der Waals surface area contributed by atoms with Crippen molar-refractivity contribution in [1.29, 1.82) is 0 Å². The van der Waals surface area contributed by atoms with Gasteiger partial charge in [-0.1, -0.05) is 106 Å². The van der Waals surface area contributed by atoms with Crippen molar-refractivity contribution < 1.29 is 32.8 Å². The van der Waals surface area contributed by atoms with Crippen molar-refractivity contribution in [2.75, 3.05) is 0 Å².